The first kappa shape index (κ1) is 13.6. The molecular formula is C12H14Cl2N2O2. The van der Waals surface area contributed by atoms with Gasteiger partial charge in [0, 0.05) is 25.2 Å². The monoisotopic (exact) mass is 288 g/mol. The van der Waals surface area contributed by atoms with E-state index in [2.05, 4.69) is 5.32 Å². The number of carbonyl (C=O) groups excluding carboxylic acids is 1. The average molecular weight is 289 g/mol. The molecule has 6 heteroatoms. The molecule has 98 valence electrons. The Kier molecular flexibility index (Phi) is 4.12. The molecular weight excluding hydrogens is 275 g/mol. The van der Waals surface area contributed by atoms with E-state index >= 15 is 0 Å². The van der Waals surface area contributed by atoms with E-state index in [0.29, 0.717) is 28.7 Å². The first-order chi connectivity index (χ1) is 8.50. The van der Waals surface area contributed by atoms with E-state index in [1.165, 1.54) is 11.0 Å². The van der Waals surface area contributed by atoms with Crippen LogP contribution in [0.4, 0.5) is 0 Å². The molecule has 0 saturated carbocycles. The lowest BCUT2D eigenvalue weighted by Crippen LogP contribution is -2.44. The number of hydrogen-bond acceptors (Lipinski definition) is 3. The van der Waals surface area contributed by atoms with Gasteiger partial charge in [-0.15, -0.1) is 0 Å². The van der Waals surface area contributed by atoms with Gasteiger partial charge in [0.1, 0.15) is 0 Å². The Morgan fingerprint density at radius 1 is 1.44 bits per heavy atom. The van der Waals surface area contributed by atoms with Crippen LogP contribution in [-0.2, 0) is 0 Å². The minimum absolute atomic E-state index is 0.218. The smallest absolute Gasteiger partial charge is 0.255 e. The van der Waals surface area contributed by atoms with Gasteiger partial charge in [-0.2, -0.15) is 0 Å². The van der Waals surface area contributed by atoms with Crippen molar-refractivity contribution in [1.29, 1.82) is 0 Å². The normalized spacial score (nSPS) is 23.1. The topological polar surface area (TPSA) is 52.6 Å². The van der Waals surface area contributed by atoms with E-state index in [1.807, 2.05) is 0 Å². The van der Waals surface area contributed by atoms with Gasteiger partial charge in [-0.3, -0.25) is 4.79 Å². The number of hydrogen-bond donors (Lipinski definition) is 2. The summed E-state index contributed by atoms with van der Waals surface area (Å²) in [6, 6.07) is 4.52. The van der Waals surface area contributed by atoms with E-state index in [1.54, 1.807) is 19.2 Å². The summed E-state index contributed by atoms with van der Waals surface area (Å²) in [6.07, 6.45) is -0.551. The lowest BCUT2D eigenvalue weighted by Gasteiger charge is -2.26. The van der Waals surface area contributed by atoms with Crippen LogP contribution in [0.5, 0.6) is 0 Å². The van der Waals surface area contributed by atoms with Crippen molar-refractivity contribution in [3.05, 3.63) is 33.8 Å². The van der Waals surface area contributed by atoms with Gasteiger partial charge >= 0.3 is 0 Å². The number of β-amino-alcohol motifs (C(OH)–C–C–N with tert-alkyl or cyclic N) is 1. The maximum atomic E-state index is 12.3. The second-order valence-electron chi connectivity index (χ2n) is 4.33. The van der Waals surface area contributed by atoms with Crippen molar-refractivity contribution in [3.8, 4) is 0 Å². The minimum Gasteiger partial charge on any atom is -0.390 e. The summed E-state index contributed by atoms with van der Waals surface area (Å²) in [7, 11) is 1.66. The fourth-order valence-corrected chi connectivity index (χ4v) is 2.54. The third-order valence-corrected chi connectivity index (χ3v) is 3.68. The number of aliphatic hydroxyl groups excluding tert-OH is 1. The third kappa shape index (κ3) is 2.62. The van der Waals surface area contributed by atoms with Gasteiger partial charge in [-0.05, 0) is 18.2 Å². The SMILES string of the molecule is CN(C(=O)c1ccc(Cl)cc1Cl)[C@@H]1CNC[C@H]1O. The predicted octanol–water partition coefficient (Wildman–Crippen LogP) is 1.40. The molecule has 1 aromatic carbocycles. The molecule has 1 saturated heterocycles. The minimum atomic E-state index is -0.551. The lowest BCUT2D eigenvalue weighted by molar-refractivity contribution is 0.0581. The van der Waals surface area contributed by atoms with E-state index in [4.69, 9.17) is 23.2 Å². The van der Waals surface area contributed by atoms with Crippen molar-refractivity contribution in [3.63, 3.8) is 0 Å². The second kappa shape index (κ2) is 5.45. The molecule has 1 aromatic rings. The molecule has 1 fully saturated rings. The summed E-state index contributed by atoms with van der Waals surface area (Å²) in [6.45, 7) is 1.07. The molecule has 1 aliphatic rings. The van der Waals surface area contributed by atoms with Crippen LogP contribution in [0.25, 0.3) is 0 Å². The van der Waals surface area contributed by atoms with Gasteiger partial charge in [0.15, 0.2) is 0 Å². The molecule has 2 N–H and O–H groups in total. The highest BCUT2D eigenvalue weighted by Gasteiger charge is 2.32. The Labute approximate surface area is 115 Å². The summed E-state index contributed by atoms with van der Waals surface area (Å²) in [5.74, 6) is -0.218. The molecule has 2 atom stereocenters. The van der Waals surface area contributed by atoms with Crippen molar-refractivity contribution in [2.24, 2.45) is 0 Å². The van der Waals surface area contributed by atoms with Crippen LogP contribution >= 0.6 is 23.2 Å². The van der Waals surface area contributed by atoms with Gasteiger partial charge in [-0.1, -0.05) is 23.2 Å². The van der Waals surface area contributed by atoms with Crippen LogP contribution in [0.15, 0.2) is 18.2 Å². The first-order valence-electron chi connectivity index (χ1n) is 5.61. The molecule has 0 unspecified atom stereocenters. The number of amides is 1. The van der Waals surface area contributed by atoms with Crippen LogP contribution in [-0.4, -0.2) is 48.2 Å². The predicted molar refractivity (Wildman–Crippen MR) is 71.2 cm³/mol. The van der Waals surface area contributed by atoms with Crippen LogP contribution < -0.4 is 5.32 Å². The Hall–Kier alpha value is -0.810. The molecule has 0 spiro atoms. The quantitative estimate of drug-likeness (QED) is 0.865. The zero-order chi connectivity index (χ0) is 13.3. The summed E-state index contributed by atoms with van der Waals surface area (Å²) in [5.41, 5.74) is 0.391. The summed E-state index contributed by atoms with van der Waals surface area (Å²) in [4.78, 5) is 13.8. The fraction of sp³-hybridized carbons (Fsp3) is 0.417. The van der Waals surface area contributed by atoms with E-state index in [-0.39, 0.29) is 11.9 Å². The molecule has 4 nitrogen and oxygen atoms in total. The number of rotatable bonds is 2. The number of likely N-dealkylation sites (N-methyl/N-ethyl adjacent to an activating group) is 1. The molecule has 1 amide bonds. The highest BCUT2D eigenvalue weighted by Crippen LogP contribution is 2.23. The van der Waals surface area contributed by atoms with Crippen molar-refractivity contribution >= 4 is 29.1 Å². The lowest BCUT2D eigenvalue weighted by atomic mass is 10.1. The highest BCUT2D eigenvalue weighted by molar-refractivity contribution is 6.36. The largest absolute Gasteiger partial charge is 0.390 e. The molecule has 1 aliphatic heterocycles. The Balaban J connectivity index is 2.20. The molecule has 0 radical (unpaired) electrons. The number of nitrogens with zero attached hydrogens (tertiary/aromatic N) is 1. The first-order valence-corrected chi connectivity index (χ1v) is 6.37. The standard InChI is InChI=1S/C12H14Cl2N2O2/c1-16(10-5-15-6-11(10)17)12(18)8-3-2-7(13)4-9(8)14/h2-4,10-11,15,17H,5-6H2,1H3/t10-,11-/m1/s1. The summed E-state index contributed by atoms with van der Waals surface area (Å²) < 4.78 is 0. The third-order valence-electron chi connectivity index (χ3n) is 3.13. The van der Waals surface area contributed by atoms with Crippen molar-refractivity contribution < 1.29 is 9.90 Å². The second-order valence-corrected chi connectivity index (χ2v) is 5.18. The van der Waals surface area contributed by atoms with Crippen LogP contribution in [0.3, 0.4) is 0 Å². The van der Waals surface area contributed by atoms with Gasteiger partial charge in [0.25, 0.3) is 5.91 Å². The van der Waals surface area contributed by atoms with Gasteiger partial charge < -0.3 is 15.3 Å². The van der Waals surface area contributed by atoms with Gasteiger partial charge in [0.05, 0.1) is 22.7 Å². The molecule has 2 rings (SSSR count). The fourth-order valence-electron chi connectivity index (χ4n) is 2.05. The van der Waals surface area contributed by atoms with E-state index < -0.39 is 6.10 Å². The molecule has 0 aromatic heterocycles. The number of benzene rings is 1. The van der Waals surface area contributed by atoms with E-state index in [0.717, 1.165) is 0 Å². The van der Waals surface area contributed by atoms with Crippen LogP contribution in [0, 0.1) is 0 Å². The number of halogens is 2. The Bertz CT molecular complexity index is 467. The Morgan fingerprint density at radius 3 is 2.72 bits per heavy atom. The Morgan fingerprint density at radius 2 is 2.17 bits per heavy atom. The van der Waals surface area contributed by atoms with Gasteiger partial charge in [-0.25, -0.2) is 0 Å². The summed E-state index contributed by atoms with van der Waals surface area (Å²) in [5, 5.41) is 13.6. The average Bonchev–Trinajstić information content (AvgIpc) is 2.74. The highest BCUT2D eigenvalue weighted by atomic mass is 35.5. The van der Waals surface area contributed by atoms with Crippen molar-refractivity contribution in [1.82, 2.24) is 10.2 Å². The maximum absolute atomic E-state index is 12.3. The van der Waals surface area contributed by atoms with E-state index in [9.17, 15) is 9.90 Å². The number of carbonyl (C=O) groups is 1. The molecule has 18 heavy (non-hydrogen) atoms. The molecule has 0 aliphatic carbocycles. The maximum Gasteiger partial charge on any atom is 0.255 e. The number of nitrogens with one attached hydrogen (secondary N) is 1. The van der Waals surface area contributed by atoms with Crippen molar-refractivity contribution in [2.75, 3.05) is 20.1 Å². The molecule has 1 heterocycles. The zero-order valence-corrected chi connectivity index (χ0v) is 11.4. The number of aliphatic hydroxyl groups is 1. The summed E-state index contributed by atoms with van der Waals surface area (Å²) >= 11 is 11.8. The van der Waals surface area contributed by atoms with Crippen molar-refractivity contribution in [2.45, 2.75) is 12.1 Å². The van der Waals surface area contributed by atoms with Gasteiger partial charge in [0.2, 0.25) is 0 Å². The zero-order valence-electron chi connectivity index (χ0n) is 9.86. The van der Waals surface area contributed by atoms with Crippen LogP contribution in [0.1, 0.15) is 10.4 Å². The molecule has 0 bridgehead atoms. The van der Waals surface area contributed by atoms with Crippen LogP contribution in [0.2, 0.25) is 10.0 Å².